The van der Waals surface area contributed by atoms with E-state index < -0.39 is 17.5 Å². The zero-order valence-electron chi connectivity index (χ0n) is 7.05. The summed E-state index contributed by atoms with van der Waals surface area (Å²) in [5.41, 5.74) is 3.75. The van der Waals surface area contributed by atoms with Crippen molar-refractivity contribution >= 4 is 5.82 Å². The van der Waals surface area contributed by atoms with Crippen LogP contribution in [0.2, 0.25) is 0 Å². The van der Waals surface area contributed by atoms with Crippen LogP contribution in [0.4, 0.5) is 14.6 Å². The van der Waals surface area contributed by atoms with Gasteiger partial charge >= 0.3 is 0 Å². The predicted octanol–water partition coefficient (Wildman–Crippen LogP) is 0.961. The molecule has 0 unspecified atom stereocenters. The zero-order valence-corrected chi connectivity index (χ0v) is 7.05. The molecule has 0 aliphatic rings. The molecule has 6 heteroatoms. The molecule has 0 aliphatic carbocycles. The van der Waals surface area contributed by atoms with E-state index in [0.29, 0.717) is 0 Å². The summed E-state index contributed by atoms with van der Waals surface area (Å²) >= 11 is 0. The van der Waals surface area contributed by atoms with Crippen molar-refractivity contribution in [3.05, 3.63) is 27.5 Å². The number of nitrogens with zero attached hydrogens (tertiary/aromatic N) is 1. The van der Waals surface area contributed by atoms with Gasteiger partial charge in [-0.1, -0.05) is 0 Å². The van der Waals surface area contributed by atoms with E-state index in [2.05, 4.69) is 4.98 Å². The van der Waals surface area contributed by atoms with E-state index in [9.17, 15) is 13.6 Å². The Labute approximate surface area is 78.0 Å². The maximum atomic E-state index is 12.4. The minimum Gasteiger partial charge on any atom is -0.385 e. The highest BCUT2D eigenvalue weighted by molar-refractivity contribution is 5.38. The van der Waals surface area contributed by atoms with Gasteiger partial charge in [0.15, 0.2) is 0 Å². The number of alkyl halides is 2. The quantitative estimate of drug-likeness (QED) is 0.744. The molecule has 1 aromatic heterocycles. The normalized spacial score (nSPS) is 10.1. The molecule has 0 atom stereocenters. The Hall–Kier alpha value is -1.90. The minimum atomic E-state index is -2.80. The molecule has 4 nitrogen and oxygen atoms in total. The fraction of sp³-hybridized carbons (Fsp3) is 0.250. The molecule has 1 heterocycles. The molecule has 0 radical (unpaired) electrons. The van der Waals surface area contributed by atoms with Gasteiger partial charge < -0.3 is 10.7 Å². The number of rotatable bonds is 2. The monoisotopic (exact) mass is 199 g/mol. The van der Waals surface area contributed by atoms with E-state index in [1.807, 2.05) is 0 Å². The van der Waals surface area contributed by atoms with Crippen LogP contribution < -0.4 is 11.3 Å². The van der Waals surface area contributed by atoms with E-state index in [0.717, 1.165) is 6.07 Å². The van der Waals surface area contributed by atoms with Crippen LogP contribution in [0.25, 0.3) is 0 Å². The molecule has 1 rings (SSSR count). The van der Waals surface area contributed by atoms with E-state index in [1.54, 1.807) is 6.07 Å². The molecule has 74 valence electrons. The molecule has 0 amide bonds. The average molecular weight is 199 g/mol. The van der Waals surface area contributed by atoms with Crippen molar-refractivity contribution in [3.8, 4) is 6.07 Å². The molecule has 0 fully saturated rings. The largest absolute Gasteiger partial charge is 0.385 e. The van der Waals surface area contributed by atoms with E-state index in [4.69, 9.17) is 11.0 Å². The molecule has 0 spiro atoms. The molecule has 0 saturated carbocycles. The maximum absolute atomic E-state index is 12.4. The first-order chi connectivity index (χ1) is 6.56. The van der Waals surface area contributed by atoms with E-state index >= 15 is 0 Å². The van der Waals surface area contributed by atoms with Gasteiger partial charge in [0, 0.05) is 11.1 Å². The fourth-order valence-electron chi connectivity index (χ4n) is 1.08. The van der Waals surface area contributed by atoms with E-state index in [-0.39, 0.29) is 17.8 Å². The van der Waals surface area contributed by atoms with Crippen LogP contribution in [0.5, 0.6) is 0 Å². The summed E-state index contributed by atoms with van der Waals surface area (Å²) in [5, 5.41) is 8.34. The van der Waals surface area contributed by atoms with Crippen molar-refractivity contribution in [2.75, 3.05) is 5.73 Å². The van der Waals surface area contributed by atoms with Crippen molar-refractivity contribution in [3.63, 3.8) is 0 Å². The smallest absolute Gasteiger partial charge is 0.264 e. The van der Waals surface area contributed by atoms with Gasteiger partial charge in [-0.15, -0.1) is 0 Å². The average Bonchev–Trinajstić information content (AvgIpc) is 2.09. The number of aromatic nitrogens is 1. The van der Waals surface area contributed by atoms with Crippen LogP contribution in [0.15, 0.2) is 10.9 Å². The molecule has 0 aromatic carbocycles. The van der Waals surface area contributed by atoms with Crippen LogP contribution in [0.1, 0.15) is 17.6 Å². The SMILES string of the molecule is N#CCc1c(C(F)F)cc(N)[nH]c1=O. The lowest BCUT2D eigenvalue weighted by Crippen LogP contribution is -2.17. The van der Waals surface area contributed by atoms with Crippen molar-refractivity contribution in [2.24, 2.45) is 0 Å². The highest BCUT2D eigenvalue weighted by atomic mass is 19.3. The fourth-order valence-corrected chi connectivity index (χ4v) is 1.08. The summed E-state index contributed by atoms with van der Waals surface area (Å²) in [6.45, 7) is 0. The van der Waals surface area contributed by atoms with Crippen molar-refractivity contribution in [1.82, 2.24) is 4.98 Å². The summed E-state index contributed by atoms with van der Waals surface area (Å²) in [6, 6.07) is 2.62. The Morgan fingerprint density at radius 2 is 2.29 bits per heavy atom. The molecular formula is C8H7F2N3O. The van der Waals surface area contributed by atoms with Gasteiger partial charge in [0.25, 0.3) is 12.0 Å². The summed E-state index contributed by atoms with van der Waals surface area (Å²) in [5.74, 6) is -0.132. The van der Waals surface area contributed by atoms with Gasteiger partial charge in [-0.3, -0.25) is 4.79 Å². The standard InChI is InChI=1S/C8H7F2N3O/c9-7(10)5-3-6(12)13-8(14)4(5)1-2-11/h3,7H,1H2,(H3,12,13,14). The first kappa shape index (κ1) is 10.2. The highest BCUT2D eigenvalue weighted by Crippen LogP contribution is 2.21. The van der Waals surface area contributed by atoms with Crippen molar-refractivity contribution < 1.29 is 8.78 Å². The Balaban J connectivity index is 3.38. The number of nitriles is 1. The Morgan fingerprint density at radius 3 is 2.79 bits per heavy atom. The molecular weight excluding hydrogens is 192 g/mol. The molecule has 1 aromatic rings. The second-order valence-electron chi connectivity index (χ2n) is 2.62. The summed E-state index contributed by atoms with van der Waals surface area (Å²) in [4.78, 5) is 13.3. The van der Waals surface area contributed by atoms with Crippen LogP contribution in [0, 0.1) is 11.3 Å². The number of nitrogens with one attached hydrogen (secondary N) is 1. The Kier molecular flexibility index (Phi) is 2.82. The van der Waals surface area contributed by atoms with Crippen molar-refractivity contribution in [1.29, 1.82) is 5.26 Å². The van der Waals surface area contributed by atoms with Gasteiger partial charge in [0.05, 0.1) is 12.5 Å². The van der Waals surface area contributed by atoms with Crippen molar-refractivity contribution in [2.45, 2.75) is 12.8 Å². The number of H-pyrrole nitrogens is 1. The molecule has 14 heavy (non-hydrogen) atoms. The van der Waals surface area contributed by atoms with Gasteiger partial charge in [0.1, 0.15) is 5.82 Å². The first-order valence-electron chi connectivity index (χ1n) is 3.73. The van der Waals surface area contributed by atoms with Gasteiger partial charge in [0.2, 0.25) is 0 Å². The number of nitrogen functional groups attached to an aromatic ring is 1. The molecule has 3 N–H and O–H groups in total. The number of anilines is 1. The Bertz CT molecular complexity index is 433. The number of halogens is 2. The lowest BCUT2D eigenvalue weighted by Gasteiger charge is -2.05. The molecule has 0 bridgehead atoms. The van der Waals surface area contributed by atoms with Crippen LogP contribution in [-0.4, -0.2) is 4.98 Å². The highest BCUT2D eigenvalue weighted by Gasteiger charge is 2.16. The number of hydrogen-bond donors (Lipinski definition) is 2. The predicted molar refractivity (Wildman–Crippen MR) is 45.7 cm³/mol. The zero-order chi connectivity index (χ0) is 10.7. The van der Waals surface area contributed by atoms with Crippen LogP contribution in [-0.2, 0) is 6.42 Å². The third-order valence-corrected chi connectivity index (χ3v) is 1.68. The summed E-state index contributed by atoms with van der Waals surface area (Å²) in [6.07, 6.45) is -3.15. The van der Waals surface area contributed by atoms with E-state index in [1.165, 1.54) is 0 Å². The lowest BCUT2D eigenvalue weighted by atomic mass is 10.1. The summed E-state index contributed by atoms with van der Waals surface area (Å²) < 4.78 is 24.8. The van der Waals surface area contributed by atoms with Gasteiger partial charge in [-0.2, -0.15) is 5.26 Å². The van der Waals surface area contributed by atoms with Crippen LogP contribution in [0.3, 0.4) is 0 Å². The second-order valence-corrected chi connectivity index (χ2v) is 2.62. The number of nitrogens with two attached hydrogens (primary N) is 1. The van der Waals surface area contributed by atoms with Gasteiger partial charge in [-0.05, 0) is 6.07 Å². The topological polar surface area (TPSA) is 82.7 Å². The summed E-state index contributed by atoms with van der Waals surface area (Å²) in [7, 11) is 0. The van der Waals surface area contributed by atoms with Gasteiger partial charge in [-0.25, -0.2) is 8.78 Å². The second kappa shape index (κ2) is 3.87. The number of pyridine rings is 1. The lowest BCUT2D eigenvalue weighted by molar-refractivity contribution is 0.150. The molecule has 0 aliphatic heterocycles. The maximum Gasteiger partial charge on any atom is 0.264 e. The van der Waals surface area contributed by atoms with Crippen LogP contribution >= 0.6 is 0 Å². The number of hydrogen-bond acceptors (Lipinski definition) is 3. The first-order valence-corrected chi connectivity index (χ1v) is 3.73. The third-order valence-electron chi connectivity index (χ3n) is 1.68. The Morgan fingerprint density at radius 1 is 1.64 bits per heavy atom. The third kappa shape index (κ3) is 1.88. The number of aromatic amines is 1. The minimum absolute atomic E-state index is 0.132. The molecule has 0 saturated heterocycles.